The highest BCUT2D eigenvalue weighted by molar-refractivity contribution is 7.52. The second-order valence-corrected chi connectivity index (χ2v) is 9.29. The number of ether oxygens (including phenoxy) is 2. The maximum Gasteiger partial charge on any atom is 0.327 e. The van der Waals surface area contributed by atoms with Crippen molar-refractivity contribution in [3.05, 3.63) is 0 Å². The fourth-order valence-electron chi connectivity index (χ4n) is 2.21. The average molecular weight is 426 g/mol. The molecule has 0 radical (unpaired) electrons. The molecule has 2 rings (SSSR count). The number of hydrogen-bond donors (Lipinski definition) is 4. The van der Waals surface area contributed by atoms with Crippen molar-refractivity contribution < 1.29 is 43.0 Å². The van der Waals surface area contributed by atoms with E-state index in [1.165, 1.54) is 11.2 Å². The second kappa shape index (κ2) is 9.26. The molecule has 0 aromatic carbocycles. The normalized spacial score (nSPS) is 20.7. The third-order valence-corrected chi connectivity index (χ3v) is 5.00. The summed E-state index contributed by atoms with van der Waals surface area (Å²) in [6.45, 7) is -0.452. The average Bonchev–Trinajstić information content (AvgIpc) is 2.93. The van der Waals surface area contributed by atoms with Gasteiger partial charge in [0, 0.05) is 0 Å². The number of rotatable bonds is 11. The van der Waals surface area contributed by atoms with Crippen molar-refractivity contribution >= 4 is 39.6 Å². The number of nitrogens with zero attached hydrogens (tertiary/aromatic N) is 4. The van der Waals surface area contributed by atoms with Crippen LogP contribution < -0.4 is 0 Å². The Morgan fingerprint density at radius 1 is 1.15 bits per heavy atom. The molecule has 27 heavy (non-hydrogen) atoms. The van der Waals surface area contributed by atoms with Gasteiger partial charge in [0.25, 0.3) is 5.91 Å². The molecule has 152 valence electrons. The van der Waals surface area contributed by atoms with Gasteiger partial charge in [0.05, 0.1) is 51.1 Å². The van der Waals surface area contributed by atoms with Crippen molar-refractivity contribution in [2.45, 2.75) is 12.1 Å². The zero-order valence-corrected chi connectivity index (χ0v) is 15.9. The highest BCUT2D eigenvalue weighted by atomic mass is 31.2. The number of carbonyl (C=O) groups is 1. The molecule has 1 amide bonds. The van der Waals surface area contributed by atoms with Crippen molar-refractivity contribution in [2.24, 2.45) is 15.0 Å². The minimum atomic E-state index is -4.24. The molecule has 0 aromatic heterocycles. The summed E-state index contributed by atoms with van der Waals surface area (Å²) in [6, 6.07) is -0.832. The second-order valence-electron chi connectivity index (χ2n) is 5.73. The fraction of sp³-hybridized carbons (Fsp3) is 0.667. The van der Waals surface area contributed by atoms with Crippen molar-refractivity contribution in [3.63, 3.8) is 0 Å². The minimum absolute atomic E-state index is 0.0918. The molecule has 0 saturated heterocycles. The predicted molar refractivity (Wildman–Crippen MR) is 94.3 cm³/mol. The van der Waals surface area contributed by atoms with Gasteiger partial charge in [-0.2, -0.15) is 4.99 Å². The minimum Gasteiger partial charge on any atom is -0.378 e. The van der Waals surface area contributed by atoms with E-state index < -0.39 is 45.6 Å². The first-order chi connectivity index (χ1) is 12.6. The van der Waals surface area contributed by atoms with Crippen LogP contribution in [0.5, 0.6) is 0 Å². The molecule has 0 aromatic rings. The first kappa shape index (κ1) is 22.0. The van der Waals surface area contributed by atoms with Crippen LogP contribution in [0.15, 0.2) is 15.0 Å². The van der Waals surface area contributed by atoms with Gasteiger partial charge in [0.15, 0.2) is 6.04 Å². The van der Waals surface area contributed by atoms with Crippen molar-refractivity contribution in [1.29, 1.82) is 0 Å². The highest BCUT2D eigenvalue weighted by Gasteiger charge is 2.34. The number of carbonyl (C=O) groups excluding carboxylic acids is 1. The van der Waals surface area contributed by atoms with Gasteiger partial charge >= 0.3 is 15.2 Å². The van der Waals surface area contributed by atoms with E-state index >= 15 is 0 Å². The quantitative estimate of drug-likeness (QED) is 0.221. The molecule has 0 bridgehead atoms. The number of aliphatic imine (C=N–C) groups is 3. The van der Waals surface area contributed by atoms with Crippen LogP contribution in [-0.4, -0.2) is 99.7 Å². The zero-order chi connectivity index (χ0) is 20.1. The standard InChI is InChI=1S/C12H20N4O9P2/c17-12-10-11(13-7-14-12)16(8-15-10)5-9(25-2-4-27(21,22)23)6-24-1-3-26(18,19)20/h7-10H,1-6H2,(H2,18,19,20)(H2,21,22,23). The Hall–Kier alpha value is -1.30. The summed E-state index contributed by atoms with van der Waals surface area (Å²) < 4.78 is 32.4. The molecule has 2 unspecified atom stereocenters. The molecule has 2 atom stereocenters. The van der Waals surface area contributed by atoms with Crippen molar-refractivity contribution in [1.82, 2.24) is 4.90 Å². The highest BCUT2D eigenvalue weighted by Crippen LogP contribution is 2.34. The molecule has 4 N–H and O–H groups in total. The topological polar surface area (TPSA) is 191 Å². The van der Waals surface area contributed by atoms with Crippen LogP contribution in [0.1, 0.15) is 0 Å². The van der Waals surface area contributed by atoms with Crippen LogP contribution in [0.2, 0.25) is 0 Å². The summed E-state index contributed by atoms with van der Waals surface area (Å²) in [4.78, 5) is 60.2. The SMILES string of the molecule is O=C1N=CN=C2C1N=CN2CC(COCCP(=O)(O)O)OCCP(=O)(O)O. The van der Waals surface area contributed by atoms with Crippen molar-refractivity contribution in [3.8, 4) is 0 Å². The van der Waals surface area contributed by atoms with Gasteiger partial charge in [0.1, 0.15) is 12.2 Å². The van der Waals surface area contributed by atoms with Crippen LogP contribution in [0.25, 0.3) is 0 Å². The largest absolute Gasteiger partial charge is 0.378 e. The summed E-state index contributed by atoms with van der Waals surface area (Å²) in [5, 5.41) is 0. The third kappa shape index (κ3) is 7.68. The molecular weight excluding hydrogens is 406 g/mol. The van der Waals surface area contributed by atoms with Crippen LogP contribution in [0, 0.1) is 0 Å². The third-order valence-electron chi connectivity index (χ3n) is 3.47. The molecule has 2 aliphatic heterocycles. The van der Waals surface area contributed by atoms with Gasteiger partial charge in [-0.1, -0.05) is 0 Å². The number of fused-ring (bicyclic) bond motifs is 1. The van der Waals surface area contributed by atoms with Crippen LogP contribution in [0.4, 0.5) is 0 Å². The molecule has 0 fully saturated rings. The molecule has 15 heteroatoms. The molecule has 0 saturated carbocycles. The zero-order valence-electron chi connectivity index (χ0n) is 14.1. The lowest BCUT2D eigenvalue weighted by atomic mass is 10.2. The van der Waals surface area contributed by atoms with E-state index in [4.69, 9.17) is 29.0 Å². The Bertz CT molecular complexity index is 728. The lowest BCUT2D eigenvalue weighted by Gasteiger charge is -2.25. The lowest BCUT2D eigenvalue weighted by molar-refractivity contribution is -0.117. The van der Waals surface area contributed by atoms with Crippen molar-refractivity contribution in [2.75, 3.05) is 38.7 Å². The molecule has 0 spiro atoms. The summed E-state index contributed by atoms with van der Waals surface area (Å²) >= 11 is 0. The van der Waals surface area contributed by atoms with Gasteiger partial charge in [-0.3, -0.25) is 18.9 Å². The van der Waals surface area contributed by atoms with Gasteiger partial charge in [-0.05, 0) is 0 Å². The molecule has 0 aliphatic carbocycles. The van der Waals surface area contributed by atoms with Crippen LogP contribution in [-0.2, 0) is 23.4 Å². The van der Waals surface area contributed by atoms with E-state index in [0.717, 1.165) is 6.34 Å². The van der Waals surface area contributed by atoms with E-state index in [1.54, 1.807) is 0 Å². The molecule has 2 heterocycles. The molecular formula is C12H20N4O9P2. The Balaban J connectivity index is 1.92. The maximum absolute atomic E-state index is 11.7. The maximum atomic E-state index is 11.7. The van der Waals surface area contributed by atoms with Gasteiger partial charge < -0.3 is 33.9 Å². The Morgan fingerprint density at radius 2 is 1.81 bits per heavy atom. The Kier molecular flexibility index (Phi) is 7.55. The van der Waals surface area contributed by atoms with Gasteiger partial charge in [0.2, 0.25) is 0 Å². The van der Waals surface area contributed by atoms with Gasteiger partial charge in [-0.15, -0.1) is 0 Å². The molecule has 2 aliphatic rings. The number of hydrogen-bond acceptors (Lipinski definition) is 8. The lowest BCUT2D eigenvalue weighted by Crippen LogP contribution is -2.42. The smallest absolute Gasteiger partial charge is 0.327 e. The van der Waals surface area contributed by atoms with E-state index in [9.17, 15) is 13.9 Å². The fourth-order valence-corrected chi connectivity index (χ4v) is 2.92. The summed E-state index contributed by atoms with van der Waals surface area (Å²) in [7, 11) is -8.43. The Morgan fingerprint density at radius 3 is 2.48 bits per heavy atom. The number of amidine groups is 1. The van der Waals surface area contributed by atoms with Crippen LogP contribution in [0.3, 0.4) is 0 Å². The summed E-state index contributed by atoms with van der Waals surface area (Å²) in [6.07, 6.45) is 0.818. The van der Waals surface area contributed by atoms with E-state index in [-0.39, 0.29) is 26.4 Å². The first-order valence-electron chi connectivity index (χ1n) is 7.78. The van der Waals surface area contributed by atoms with E-state index in [1.807, 2.05) is 0 Å². The predicted octanol–water partition coefficient (Wildman–Crippen LogP) is -1.58. The monoisotopic (exact) mass is 426 g/mol. The van der Waals surface area contributed by atoms with Crippen LogP contribution >= 0.6 is 15.2 Å². The van der Waals surface area contributed by atoms with E-state index in [2.05, 4.69) is 15.0 Å². The summed E-state index contributed by atoms with van der Waals surface area (Å²) in [5.74, 6) is -0.121. The van der Waals surface area contributed by atoms with E-state index in [0.29, 0.717) is 5.84 Å². The molecule has 13 nitrogen and oxygen atoms in total. The summed E-state index contributed by atoms with van der Waals surface area (Å²) in [5.41, 5.74) is 0. The number of amides is 1. The van der Waals surface area contributed by atoms with Gasteiger partial charge in [-0.25, -0.2) is 4.99 Å². The first-order valence-corrected chi connectivity index (χ1v) is 11.4. The Labute approximate surface area is 154 Å².